The molecule has 0 fully saturated rings. The van der Waals surface area contributed by atoms with Gasteiger partial charge in [-0.1, -0.05) is 51.3 Å². The molecule has 21 heavy (non-hydrogen) atoms. The van der Waals surface area contributed by atoms with E-state index < -0.39 is 0 Å². The number of hydrogen-bond donors (Lipinski definition) is 1. The molecule has 1 atom stereocenters. The fourth-order valence-electron chi connectivity index (χ4n) is 2.10. The van der Waals surface area contributed by atoms with Crippen molar-refractivity contribution in [3.8, 4) is 0 Å². The van der Waals surface area contributed by atoms with Gasteiger partial charge < -0.3 is 5.32 Å². The largest absolute Gasteiger partial charge is 0.316 e. The monoisotopic (exact) mass is 383 g/mol. The van der Waals surface area contributed by atoms with Gasteiger partial charge in [0.25, 0.3) is 0 Å². The zero-order valence-electron chi connectivity index (χ0n) is 12.2. The normalized spacial score (nSPS) is 12.4. The Morgan fingerprint density at radius 3 is 2.71 bits per heavy atom. The Morgan fingerprint density at radius 1 is 1.24 bits per heavy atom. The molecule has 1 nitrogen and oxygen atoms in total. The minimum Gasteiger partial charge on any atom is -0.316 e. The fraction of sp³-hybridized carbons (Fsp3) is 0.294. The number of thioether (sulfide) groups is 1. The van der Waals surface area contributed by atoms with Crippen molar-refractivity contribution in [1.29, 1.82) is 0 Å². The van der Waals surface area contributed by atoms with Crippen LogP contribution in [-0.4, -0.2) is 18.8 Å². The highest BCUT2D eigenvalue weighted by Gasteiger charge is 2.11. The quantitative estimate of drug-likeness (QED) is 0.675. The lowest BCUT2D eigenvalue weighted by atomic mass is 10.1. The highest BCUT2D eigenvalue weighted by Crippen LogP contribution is 2.25. The summed E-state index contributed by atoms with van der Waals surface area (Å²) in [6.45, 7) is 2.13. The van der Waals surface area contributed by atoms with Crippen LogP contribution in [0.1, 0.15) is 11.1 Å². The zero-order chi connectivity index (χ0) is 15.2. The number of likely N-dealkylation sites (N-methyl/N-ethyl adjacent to an activating group) is 1. The first-order chi connectivity index (χ1) is 10.1. The van der Waals surface area contributed by atoms with Gasteiger partial charge in [0.2, 0.25) is 0 Å². The molecule has 0 aliphatic rings. The van der Waals surface area contributed by atoms with Gasteiger partial charge in [-0.25, -0.2) is 0 Å². The van der Waals surface area contributed by atoms with Gasteiger partial charge in [-0.3, -0.25) is 0 Å². The third-order valence-electron chi connectivity index (χ3n) is 3.33. The van der Waals surface area contributed by atoms with Crippen LogP contribution in [0.5, 0.6) is 0 Å². The van der Waals surface area contributed by atoms with E-state index in [-0.39, 0.29) is 0 Å². The lowest BCUT2D eigenvalue weighted by Crippen LogP contribution is -2.30. The highest BCUT2D eigenvalue weighted by atomic mass is 79.9. The minimum atomic E-state index is 0.397. The Labute approximate surface area is 144 Å². The van der Waals surface area contributed by atoms with E-state index in [4.69, 9.17) is 11.6 Å². The van der Waals surface area contributed by atoms with Crippen LogP contribution in [0.4, 0.5) is 0 Å². The summed E-state index contributed by atoms with van der Waals surface area (Å²) in [5.74, 6) is 1.02. The average Bonchev–Trinajstić information content (AvgIpc) is 2.45. The van der Waals surface area contributed by atoms with E-state index in [0.717, 1.165) is 21.7 Å². The molecule has 0 bridgehead atoms. The van der Waals surface area contributed by atoms with Gasteiger partial charge in [0.1, 0.15) is 0 Å². The predicted octanol–water partition coefficient (Wildman–Crippen LogP) is 5.33. The van der Waals surface area contributed by atoms with E-state index in [1.165, 1.54) is 16.0 Å². The van der Waals surface area contributed by atoms with E-state index in [9.17, 15) is 0 Å². The Kier molecular flexibility index (Phi) is 6.62. The van der Waals surface area contributed by atoms with Crippen molar-refractivity contribution in [2.75, 3.05) is 12.8 Å². The number of aryl methyl sites for hydroxylation is 1. The standard InChI is InChI=1S/C17H19BrClNS/c1-12-4-3-5-16(8-12)21-11-15(20-2)9-13-6-7-14(18)10-17(13)19/h3-8,10,15,20H,9,11H2,1-2H3. The molecule has 0 heterocycles. The Balaban J connectivity index is 1.97. The van der Waals surface area contributed by atoms with Crippen molar-refractivity contribution < 1.29 is 0 Å². The second kappa shape index (κ2) is 8.23. The molecule has 0 amide bonds. The number of benzene rings is 2. The number of nitrogens with one attached hydrogen (secondary N) is 1. The summed E-state index contributed by atoms with van der Waals surface area (Å²) in [5.41, 5.74) is 2.49. The molecular weight excluding hydrogens is 366 g/mol. The maximum absolute atomic E-state index is 6.30. The first-order valence-corrected chi connectivity index (χ1v) is 9.05. The summed E-state index contributed by atoms with van der Waals surface area (Å²) in [5, 5.41) is 4.21. The van der Waals surface area contributed by atoms with Crippen LogP contribution in [0.3, 0.4) is 0 Å². The molecule has 1 unspecified atom stereocenters. The molecule has 1 N–H and O–H groups in total. The van der Waals surface area contributed by atoms with Gasteiger partial charge in [0, 0.05) is 26.2 Å². The average molecular weight is 385 g/mol. The molecule has 112 valence electrons. The van der Waals surface area contributed by atoms with Gasteiger partial charge >= 0.3 is 0 Å². The van der Waals surface area contributed by atoms with Crippen LogP contribution in [-0.2, 0) is 6.42 Å². The smallest absolute Gasteiger partial charge is 0.0449 e. The number of rotatable bonds is 6. The SMILES string of the molecule is CNC(CSc1cccc(C)c1)Cc1ccc(Br)cc1Cl. The van der Waals surface area contributed by atoms with Crippen molar-refractivity contribution in [2.24, 2.45) is 0 Å². The molecule has 2 rings (SSSR count). The molecule has 2 aromatic rings. The lowest BCUT2D eigenvalue weighted by Gasteiger charge is -2.17. The summed E-state index contributed by atoms with van der Waals surface area (Å²) < 4.78 is 1.02. The van der Waals surface area contributed by atoms with Gasteiger partial charge in [-0.05, 0) is 50.2 Å². The van der Waals surface area contributed by atoms with Crippen molar-refractivity contribution in [3.63, 3.8) is 0 Å². The van der Waals surface area contributed by atoms with Crippen molar-refractivity contribution in [2.45, 2.75) is 24.3 Å². The molecule has 4 heteroatoms. The molecule has 0 radical (unpaired) electrons. The van der Waals surface area contributed by atoms with E-state index >= 15 is 0 Å². The van der Waals surface area contributed by atoms with Crippen LogP contribution in [0, 0.1) is 6.92 Å². The third-order valence-corrected chi connectivity index (χ3v) is 5.33. The minimum absolute atomic E-state index is 0.397. The van der Waals surface area contributed by atoms with Crippen LogP contribution < -0.4 is 5.32 Å². The summed E-state index contributed by atoms with van der Waals surface area (Å²) in [7, 11) is 2.01. The summed E-state index contributed by atoms with van der Waals surface area (Å²) >= 11 is 11.6. The Hall–Kier alpha value is -0.480. The maximum atomic E-state index is 6.30. The van der Waals surface area contributed by atoms with Crippen LogP contribution >= 0.6 is 39.3 Å². The molecule has 0 saturated heterocycles. The van der Waals surface area contributed by atoms with Crippen LogP contribution in [0.15, 0.2) is 51.8 Å². The molecule has 0 spiro atoms. The third kappa shape index (κ3) is 5.33. The topological polar surface area (TPSA) is 12.0 Å². The number of halogens is 2. The van der Waals surface area contributed by atoms with Gasteiger partial charge in [-0.2, -0.15) is 0 Å². The maximum Gasteiger partial charge on any atom is 0.0449 e. The lowest BCUT2D eigenvalue weighted by molar-refractivity contribution is 0.617. The molecular formula is C17H19BrClNS. The van der Waals surface area contributed by atoms with Gasteiger partial charge in [-0.15, -0.1) is 11.8 Å². The predicted molar refractivity (Wildman–Crippen MR) is 97.6 cm³/mol. The van der Waals surface area contributed by atoms with Crippen LogP contribution in [0.25, 0.3) is 0 Å². The highest BCUT2D eigenvalue weighted by molar-refractivity contribution is 9.10. The first-order valence-electron chi connectivity index (χ1n) is 6.89. The fourth-order valence-corrected chi connectivity index (χ4v) is 3.97. The van der Waals surface area contributed by atoms with E-state index in [1.54, 1.807) is 0 Å². The summed E-state index contributed by atoms with van der Waals surface area (Å²) in [4.78, 5) is 1.32. The van der Waals surface area contributed by atoms with Crippen molar-refractivity contribution >= 4 is 39.3 Å². The first kappa shape index (κ1) is 16.9. The molecule has 0 aliphatic carbocycles. The van der Waals surface area contributed by atoms with Crippen molar-refractivity contribution in [3.05, 3.63) is 63.1 Å². The Morgan fingerprint density at radius 2 is 2.05 bits per heavy atom. The molecule has 0 aromatic heterocycles. The van der Waals surface area contributed by atoms with E-state index in [1.807, 2.05) is 30.9 Å². The zero-order valence-corrected chi connectivity index (χ0v) is 15.4. The summed E-state index contributed by atoms with van der Waals surface area (Å²) in [6.07, 6.45) is 0.932. The molecule has 2 aromatic carbocycles. The van der Waals surface area contributed by atoms with Crippen molar-refractivity contribution in [1.82, 2.24) is 5.32 Å². The van der Waals surface area contributed by atoms with E-state index in [0.29, 0.717) is 6.04 Å². The summed E-state index contributed by atoms with van der Waals surface area (Å²) in [6, 6.07) is 15.1. The van der Waals surface area contributed by atoms with E-state index in [2.05, 4.69) is 58.5 Å². The number of hydrogen-bond acceptors (Lipinski definition) is 2. The molecule has 0 saturated carbocycles. The second-order valence-electron chi connectivity index (χ2n) is 5.05. The van der Waals surface area contributed by atoms with Crippen LogP contribution in [0.2, 0.25) is 5.02 Å². The Bertz CT molecular complexity index is 603. The van der Waals surface area contributed by atoms with Gasteiger partial charge in [0.15, 0.2) is 0 Å². The molecule has 0 aliphatic heterocycles. The van der Waals surface area contributed by atoms with Gasteiger partial charge in [0.05, 0.1) is 0 Å². The second-order valence-corrected chi connectivity index (χ2v) is 7.47.